The summed E-state index contributed by atoms with van der Waals surface area (Å²) in [5.41, 5.74) is 4.42. The first-order chi connectivity index (χ1) is 14.3. The van der Waals surface area contributed by atoms with Crippen molar-refractivity contribution in [1.82, 2.24) is 4.57 Å². The second-order valence-electron chi connectivity index (χ2n) is 8.34. The van der Waals surface area contributed by atoms with Crippen molar-refractivity contribution in [3.05, 3.63) is 59.0 Å². The van der Waals surface area contributed by atoms with Gasteiger partial charge in [0.15, 0.2) is 6.10 Å². The fourth-order valence-electron chi connectivity index (χ4n) is 4.60. The molecule has 0 radical (unpaired) electrons. The molecule has 5 nitrogen and oxygen atoms in total. The predicted molar refractivity (Wildman–Crippen MR) is 113 cm³/mol. The molecule has 158 valence electrons. The van der Waals surface area contributed by atoms with Crippen LogP contribution in [-0.2, 0) is 9.53 Å². The van der Waals surface area contributed by atoms with Gasteiger partial charge in [-0.05, 0) is 79.1 Å². The monoisotopic (exact) mass is 411 g/mol. The molecule has 1 aliphatic heterocycles. The summed E-state index contributed by atoms with van der Waals surface area (Å²) in [4.78, 5) is 11.6. The molecule has 1 fully saturated rings. The smallest absolute Gasteiger partial charge is 0.332 e. The first kappa shape index (κ1) is 20.4. The van der Waals surface area contributed by atoms with Gasteiger partial charge in [-0.25, -0.2) is 9.18 Å². The number of rotatable bonds is 4. The number of hydrogen-bond donors (Lipinski definition) is 2. The molecule has 2 N–H and O–H groups in total. The van der Waals surface area contributed by atoms with Crippen LogP contribution in [0.4, 0.5) is 4.39 Å². The zero-order valence-electron chi connectivity index (χ0n) is 17.4. The highest BCUT2D eigenvalue weighted by Gasteiger charge is 2.33. The highest BCUT2D eigenvalue weighted by molar-refractivity contribution is 5.89. The van der Waals surface area contributed by atoms with Gasteiger partial charge in [-0.3, -0.25) is 0 Å². The van der Waals surface area contributed by atoms with E-state index in [0.717, 1.165) is 27.8 Å². The Balaban J connectivity index is 2.00. The average molecular weight is 411 g/mol. The van der Waals surface area contributed by atoms with Crippen LogP contribution in [0, 0.1) is 12.7 Å². The molecule has 2 atom stereocenters. The fourth-order valence-corrected chi connectivity index (χ4v) is 4.60. The molecule has 0 amide bonds. The quantitative estimate of drug-likeness (QED) is 0.615. The molecule has 1 saturated heterocycles. The maximum atomic E-state index is 13.9. The third kappa shape index (κ3) is 3.45. The number of carboxylic acid groups (broad SMARTS) is 1. The van der Waals surface area contributed by atoms with E-state index in [4.69, 9.17) is 4.74 Å². The Labute approximate surface area is 174 Å². The fraction of sp³-hybridized carbons (Fsp3) is 0.375. The number of phenols is 1. The number of carbonyl (C=O) groups is 1. The number of aromatic hydroxyl groups is 1. The first-order valence-corrected chi connectivity index (χ1v) is 10.3. The minimum atomic E-state index is -0.952. The standard InChI is InChI=1S/C24H26FNO4/c1-13(2)23-22(15-8-9-30-21(11-15)24(28)29)18-12-17(27)5-7-20(18)26(23)16-4-6-19(25)14(3)10-16/h4-7,10,12-13,15,21,27H,8-9,11H2,1-3H3,(H,28,29). The number of aromatic nitrogens is 1. The van der Waals surface area contributed by atoms with Gasteiger partial charge in [0.1, 0.15) is 11.6 Å². The molecular formula is C24H26FNO4. The van der Waals surface area contributed by atoms with Gasteiger partial charge in [-0.2, -0.15) is 0 Å². The zero-order valence-corrected chi connectivity index (χ0v) is 17.4. The summed E-state index contributed by atoms with van der Waals surface area (Å²) < 4.78 is 21.5. The van der Waals surface area contributed by atoms with E-state index in [2.05, 4.69) is 18.4 Å². The Morgan fingerprint density at radius 1 is 1.23 bits per heavy atom. The third-order valence-electron chi connectivity index (χ3n) is 5.94. The first-order valence-electron chi connectivity index (χ1n) is 10.3. The van der Waals surface area contributed by atoms with Crippen LogP contribution < -0.4 is 0 Å². The number of benzene rings is 2. The summed E-state index contributed by atoms with van der Waals surface area (Å²) in [6, 6.07) is 10.3. The zero-order chi connectivity index (χ0) is 21.6. The van der Waals surface area contributed by atoms with E-state index < -0.39 is 12.1 Å². The molecule has 4 rings (SSSR count). The highest BCUT2D eigenvalue weighted by Crippen LogP contribution is 2.43. The molecule has 3 aromatic rings. The minimum Gasteiger partial charge on any atom is -0.508 e. The minimum absolute atomic E-state index is 0.00987. The normalized spacial score (nSPS) is 19.5. The van der Waals surface area contributed by atoms with Crippen molar-refractivity contribution in [2.45, 2.75) is 51.6 Å². The van der Waals surface area contributed by atoms with E-state index in [0.29, 0.717) is 25.0 Å². The van der Waals surface area contributed by atoms with E-state index in [9.17, 15) is 19.4 Å². The predicted octanol–water partition coefficient (Wildman–Crippen LogP) is 5.25. The summed E-state index contributed by atoms with van der Waals surface area (Å²) in [6.45, 7) is 6.31. The highest BCUT2D eigenvalue weighted by atomic mass is 19.1. The van der Waals surface area contributed by atoms with Crippen LogP contribution in [0.2, 0.25) is 0 Å². The second kappa shape index (κ2) is 7.76. The van der Waals surface area contributed by atoms with Gasteiger partial charge in [0.25, 0.3) is 0 Å². The largest absolute Gasteiger partial charge is 0.508 e. The maximum Gasteiger partial charge on any atom is 0.332 e. The van der Waals surface area contributed by atoms with Crippen molar-refractivity contribution in [2.24, 2.45) is 0 Å². The van der Waals surface area contributed by atoms with Gasteiger partial charge < -0.3 is 19.5 Å². The molecule has 30 heavy (non-hydrogen) atoms. The van der Waals surface area contributed by atoms with Crippen LogP contribution in [0.3, 0.4) is 0 Å². The Hall–Kier alpha value is -2.86. The summed E-state index contributed by atoms with van der Waals surface area (Å²) in [5.74, 6) is -0.928. The van der Waals surface area contributed by atoms with Crippen LogP contribution in [0.25, 0.3) is 16.6 Å². The van der Waals surface area contributed by atoms with E-state index in [1.165, 1.54) is 6.07 Å². The SMILES string of the molecule is Cc1cc(-n2c(C(C)C)c(C3CCOC(C(=O)O)C3)c3cc(O)ccc32)ccc1F. The van der Waals surface area contributed by atoms with Crippen molar-refractivity contribution < 1.29 is 24.1 Å². The molecule has 2 heterocycles. The van der Waals surface area contributed by atoms with Crippen molar-refractivity contribution in [3.63, 3.8) is 0 Å². The molecule has 6 heteroatoms. The summed E-state index contributed by atoms with van der Waals surface area (Å²) in [7, 11) is 0. The average Bonchev–Trinajstić information content (AvgIpc) is 3.04. The lowest BCUT2D eigenvalue weighted by Gasteiger charge is -2.29. The number of aliphatic carboxylic acids is 1. The van der Waals surface area contributed by atoms with Crippen LogP contribution >= 0.6 is 0 Å². The number of ether oxygens (including phenoxy) is 1. The topological polar surface area (TPSA) is 71.7 Å². The van der Waals surface area contributed by atoms with Gasteiger partial charge in [-0.15, -0.1) is 0 Å². The Bertz CT molecular complexity index is 1120. The Morgan fingerprint density at radius 2 is 2.00 bits per heavy atom. The van der Waals surface area contributed by atoms with Crippen molar-refractivity contribution >= 4 is 16.9 Å². The maximum absolute atomic E-state index is 13.9. The third-order valence-corrected chi connectivity index (χ3v) is 5.94. The van der Waals surface area contributed by atoms with E-state index in [-0.39, 0.29) is 23.4 Å². The molecular weight excluding hydrogens is 385 g/mol. The van der Waals surface area contributed by atoms with E-state index in [1.807, 2.05) is 12.1 Å². The molecule has 2 aromatic carbocycles. The number of phenolic OH excluding ortho intramolecular Hbond substituents is 1. The Morgan fingerprint density at radius 3 is 2.67 bits per heavy atom. The molecule has 0 saturated carbocycles. The van der Waals surface area contributed by atoms with Gasteiger partial charge in [0.2, 0.25) is 0 Å². The van der Waals surface area contributed by atoms with E-state index in [1.54, 1.807) is 25.1 Å². The number of aryl methyl sites for hydroxylation is 1. The number of carboxylic acids is 1. The summed E-state index contributed by atoms with van der Waals surface area (Å²) >= 11 is 0. The van der Waals surface area contributed by atoms with Crippen molar-refractivity contribution in [1.29, 1.82) is 0 Å². The lowest BCUT2D eigenvalue weighted by atomic mass is 9.84. The molecule has 0 bridgehead atoms. The Kier molecular flexibility index (Phi) is 5.28. The lowest BCUT2D eigenvalue weighted by Crippen LogP contribution is -2.31. The van der Waals surface area contributed by atoms with Gasteiger partial charge in [-0.1, -0.05) is 13.8 Å². The van der Waals surface area contributed by atoms with Gasteiger partial charge in [0, 0.05) is 23.4 Å². The number of nitrogens with zero attached hydrogens (tertiary/aromatic N) is 1. The molecule has 0 spiro atoms. The van der Waals surface area contributed by atoms with Crippen LogP contribution in [0.1, 0.15) is 55.3 Å². The van der Waals surface area contributed by atoms with Crippen LogP contribution in [0.5, 0.6) is 5.75 Å². The van der Waals surface area contributed by atoms with Crippen molar-refractivity contribution in [3.8, 4) is 11.4 Å². The summed E-state index contributed by atoms with van der Waals surface area (Å²) in [6.07, 6.45) is 0.250. The lowest BCUT2D eigenvalue weighted by molar-refractivity contribution is -0.153. The van der Waals surface area contributed by atoms with Crippen LogP contribution in [0.15, 0.2) is 36.4 Å². The van der Waals surface area contributed by atoms with E-state index >= 15 is 0 Å². The van der Waals surface area contributed by atoms with Gasteiger partial charge in [0.05, 0.1) is 5.52 Å². The number of hydrogen-bond acceptors (Lipinski definition) is 3. The number of fused-ring (bicyclic) bond motifs is 1. The second-order valence-corrected chi connectivity index (χ2v) is 8.34. The number of halogens is 1. The summed E-state index contributed by atoms with van der Waals surface area (Å²) in [5, 5.41) is 20.6. The molecule has 1 aliphatic rings. The van der Waals surface area contributed by atoms with Crippen LogP contribution in [-0.4, -0.2) is 33.5 Å². The van der Waals surface area contributed by atoms with Gasteiger partial charge >= 0.3 is 5.97 Å². The molecule has 0 aliphatic carbocycles. The molecule has 1 aromatic heterocycles. The molecule has 2 unspecified atom stereocenters. The van der Waals surface area contributed by atoms with Crippen molar-refractivity contribution in [2.75, 3.05) is 6.61 Å².